The Hall–Kier alpha value is -0.120. The number of aliphatic hydroxyl groups is 1. The zero-order valence-electron chi connectivity index (χ0n) is 9.87. The van der Waals surface area contributed by atoms with Crippen molar-refractivity contribution in [3.05, 3.63) is 0 Å². The second-order valence-electron chi connectivity index (χ2n) is 4.82. The molecule has 0 aliphatic heterocycles. The number of nitrogens with two attached hydrogens (primary N) is 1. The van der Waals surface area contributed by atoms with Crippen LogP contribution in [0.4, 0.5) is 0 Å². The molecule has 0 radical (unpaired) electrons. The van der Waals surface area contributed by atoms with E-state index in [0.717, 1.165) is 32.3 Å². The van der Waals surface area contributed by atoms with Crippen molar-refractivity contribution in [2.24, 2.45) is 5.73 Å². The van der Waals surface area contributed by atoms with Crippen molar-refractivity contribution >= 4 is 0 Å². The Kier molecular flexibility index (Phi) is 5.58. The molecule has 0 spiro atoms. The van der Waals surface area contributed by atoms with Crippen LogP contribution in [0.15, 0.2) is 0 Å². The molecule has 3 nitrogen and oxygen atoms in total. The highest BCUT2D eigenvalue weighted by molar-refractivity contribution is 4.93. The number of hydrogen-bond acceptors (Lipinski definition) is 3. The van der Waals surface area contributed by atoms with Crippen LogP contribution in [-0.2, 0) is 4.74 Å². The Morgan fingerprint density at radius 2 is 2.20 bits per heavy atom. The lowest BCUT2D eigenvalue weighted by atomic mass is 10.0. The van der Waals surface area contributed by atoms with Gasteiger partial charge in [0, 0.05) is 12.1 Å². The Morgan fingerprint density at radius 1 is 1.40 bits per heavy atom. The Morgan fingerprint density at radius 3 is 2.80 bits per heavy atom. The number of aliphatic hydroxyl groups excluding tert-OH is 1. The minimum atomic E-state index is -0.367. The standard InChI is InChI=1S/C12H25NO2/c1-2-3-4-5-8-15-11-6-7-12(13,9-11)10-14/h11,14H,2-10,13H2,1H3. The third kappa shape index (κ3) is 4.49. The minimum absolute atomic E-state index is 0.0860. The lowest BCUT2D eigenvalue weighted by Crippen LogP contribution is -2.41. The van der Waals surface area contributed by atoms with Crippen molar-refractivity contribution < 1.29 is 9.84 Å². The summed E-state index contributed by atoms with van der Waals surface area (Å²) in [5, 5.41) is 9.10. The summed E-state index contributed by atoms with van der Waals surface area (Å²) in [4.78, 5) is 0. The van der Waals surface area contributed by atoms with Gasteiger partial charge in [-0.2, -0.15) is 0 Å². The highest BCUT2D eigenvalue weighted by Crippen LogP contribution is 2.29. The van der Waals surface area contributed by atoms with E-state index in [1.807, 2.05) is 0 Å². The van der Waals surface area contributed by atoms with E-state index in [1.54, 1.807) is 0 Å². The zero-order chi connectivity index (χ0) is 11.1. The van der Waals surface area contributed by atoms with Crippen molar-refractivity contribution in [1.29, 1.82) is 0 Å². The molecule has 1 aliphatic rings. The summed E-state index contributed by atoms with van der Waals surface area (Å²) in [6.45, 7) is 3.15. The van der Waals surface area contributed by atoms with E-state index in [0.29, 0.717) is 0 Å². The Balaban J connectivity index is 2.04. The van der Waals surface area contributed by atoms with Gasteiger partial charge in [-0.05, 0) is 25.7 Å². The fourth-order valence-corrected chi connectivity index (χ4v) is 2.17. The van der Waals surface area contributed by atoms with Crippen LogP contribution >= 0.6 is 0 Å². The predicted octanol–water partition coefficient (Wildman–Crippen LogP) is 1.83. The van der Waals surface area contributed by atoms with Crippen LogP contribution < -0.4 is 5.73 Å². The SMILES string of the molecule is CCCCCCOC1CCC(N)(CO)C1. The average Bonchev–Trinajstić information content (AvgIpc) is 2.61. The van der Waals surface area contributed by atoms with E-state index in [1.165, 1.54) is 19.3 Å². The first kappa shape index (κ1) is 12.9. The molecule has 1 rings (SSSR count). The maximum Gasteiger partial charge on any atom is 0.0612 e. The molecule has 1 aliphatic carbocycles. The fourth-order valence-electron chi connectivity index (χ4n) is 2.17. The maximum absolute atomic E-state index is 9.10. The van der Waals surface area contributed by atoms with Crippen LogP contribution in [0.2, 0.25) is 0 Å². The van der Waals surface area contributed by atoms with Crippen LogP contribution in [0.25, 0.3) is 0 Å². The molecule has 15 heavy (non-hydrogen) atoms. The van der Waals surface area contributed by atoms with Crippen molar-refractivity contribution in [3.63, 3.8) is 0 Å². The van der Waals surface area contributed by atoms with Gasteiger partial charge in [-0.3, -0.25) is 0 Å². The number of unbranched alkanes of at least 4 members (excludes halogenated alkanes) is 3. The molecular weight excluding hydrogens is 190 g/mol. The molecule has 0 bridgehead atoms. The van der Waals surface area contributed by atoms with Crippen LogP contribution in [0, 0.1) is 0 Å². The predicted molar refractivity (Wildman–Crippen MR) is 61.7 cm³/mol. The topological polar surface area (TPSA) is 55.5 Å². The monoisotopic (exact) mass is 215 g/mol. The summed E-state index contributed by atoms with van der Waals surface area (Å²) in [6, 6.07) is 0. The van der Waals surface area contributed by atoms with Crippen LogP contribution in [-0.4, -0.2) is 30.0 Å². The van der Waals surface area contributed by atoms with Crippen molar-refractivity contribution in [2.75, 3.05) is 13.2 Å². The first-order valence-corrected chi connectivity index (χ1v) is 6.21. The van der Waals surface area contributed by atoms with E-state index in [2.05, 4.69) is 6.92 Å². The lowest BCUT2D eigenvalue weighted by molar-refractivity contribution is 0.0480. The third-order valence-electron chi connectivity index (χ3n) is 3.26. The van der Waals surface area contributed by atoms with Gasteiger partial charge in [0.1, 0.15) is 0 Å². The number of hydrogen-bond donors (Lipinski definition) is 2. The van der Waals surface area contributed by atoms with Gasteiger partial charge in [-0.1, -0.05) is 26.2 Å². The van der Waals surface area contributed by atoms with Crippen LogP contribution in [0.1, 0.15) is 51.9 Å². The second-order valence-corrected chi connectivity index (χ2v) is 4.82. The van der Waals surface area contributed by atoms with Crippen molar-refractivity contribution in [3.8, 4) is 0 Å². The number of rotatable bonds is 7. The summed E-state index contributed by atoms with van der Waals surface area (Å²) in [5.41, 5.74) is 5.60. The molecule has 0 aromatic carbocycles. The van der Waals surface area contributed by atoms with Gasteiger partial charge >= 0.3 is 0 Å². The first-order chi connectivity index (χ1) is 7.20. The number of ether oxygens (including phenoxy) is 1. The summed E-state index contributed by atoms with van der Waals surface area (Å²) < 4.78 is 5.76. The molecular formula is C12H25NO2. The fraction of sp³-hybridized carbons (Fsp3) is 1.00. The molecule has 1 fully saturated rings. The zero-order valence-corrected chi connectivity index (χ0v) is 9.87. The molecule has 0 aromatic heterocycles. The van der Waals surface area contributed by atoms with Gasteiger partial charge in [0.2, 0.25) is 0 Å². The quantitative estimate of drug-likeness (QED) is 0.637. The second kappa shape index (κ2) is 6.46. The van der Waals surface area contributed by atoms with Gasteiger partial charge in [-0.15, -0.1) is 0 Å². The van der Waals surface area contributed by atoms with E-state index in [-0.39, 0.29) is 18.2 Å². The molecule has 3 heteroatoms. The van der Waals surface area contributed by atoms with E-state index < -0.39 is 0 Å². The van der Waals surface area contributed by atoms with E-state index in [4.69, 9.17) is 15.6 Å². The summed E-state index contributed by atoms with van der Waals surface area (Å²) >= 11 is 0. The molecule has 90 valence electrons. The summed E-state index contributed by atoms with van der Waals surface area (Å²) in [7, 11) is 0. The molecule has 1 saturated carbocycles. The van der Waals surface area contributed by atoms with E-state index >= 15 is 0 Å². The van der Waals surface area contributed by atoms with Crippen molar-refractivity contribution in [1.82, 2.24) is 0 Å². The highest BCUT2D eigenvalue weighted by atomic mass is 16.5. The lowest BCUT2D eigenvalue weighted by Gasteiger charge is -2.20. The molecule has 3 N–H and O–H groups in total. The van der Waals surface area contributed by atoms with Crippen molar-refractivity contribution in [2.45, 2.75) is 63.5 Å². The smallest absolute Gasteiger partial charge is 0.0612 e. The van der Waals surface area contributed by atoms with Gasteiger partial charge in [0.15, 0.2) is 0 Å². The molecule has 0 aromatic rings. The van der Waals surface area contributed by atoms with Gasteiger partial charge in [0.05, 0.1) is 12.7 Å². The Labute approximate surface area is 93.0 Å². The maximum atomic E-state index is 9.10. The molecule has 2 unspecified atom stereocenters. The highest BCUT2D eigenvalue weighted by Gasteiger charge is 2.35. The van der Waals surface area contributed by atoms with E-state index in [9.17, 15) is 0 Å². The molecule has 0 heterocycles. The summed E-state index contributed by atoms with van der Waals surface area (Å²) in [5.74, 6) is 0. The van der Waals surface area contributed by atoms with Gasteiger partial charge in [-0.25, -0.2) is 0 Å². The third-order valence-corrected chi connectivity index (χ3v) is 3.26. The summed E-state index contributed by atoms with van der Waals surface area (Å²) in [6.07, 6.45) is 7.97. The normalized spacial score (nSPS) is 31.0. The average molecular weight is 215 g/mol. The molecule has 0 amide bonds. The Bertz CT molecular complexity index is 175. The first-order valence-electron chi connectivity index (χ1n) is 6.21. The largest absolute Gasteiger partial charge is 0.394 e. The molecule has 2 atom stereocenters. The minimum Gasteiger partial charge on any atom is -0.394 e. The van der Waals surface area contributed by atoms with Crippen LogP contribution in [0.5, 0.6) is 0 Å². The van der Waals surface area contributed by atoms with Gasteiger partial charge < -0.3 is 15.6 Å². The van der Waals surface area contributed by atoms with Gasteiger partial charge in [0.25, 0.3) is 0 Å². The molecule has 0 saturated heterocycles. The van der Waals surface area contributed by atoms with Crippen LogP contribution in [0.3, 0.4) is 0 Å².